The number of fused-ring (bicyclic) bond motifs is 1. The van der Waals surface area contributed by atoms with Gasteiger partial charge in [0.15, 0.2) is 0 Å². The summed E-state index contributed by atoms with van der Waals surface area (Å²) in [6, 6.07) is 31.2. The lowest BCUT2D eigenvalue weighted by Gasteiger charge is -2.06. The van der Waals surface area contributed by atoms with Gasteiger partial charge in [0.05, 0.1) is 12.1 Å². The summed E-state index contributed by atoms with van der Waals surface area (Å²) in [5.41, 5.74) is 6.05. The molecule has 0 bridgehead atoms. The highest BCUT2D eigenvalue weighted by Crippen LogP contribution is 2.32. The van der Waals surface area contributed by atoms with Crippen LogP contribution in [-0.2, 0) is 0 Å². The molecule has 186 valence electrons. The van der Waals surface area contributed by atoms with E-state index in [1.807, 2.05) is 48.5 Å². The molecule has 6 aromatic rings. The molecule has 0 radical (unpaired) electrons. The van der Waals surface area contributed by atoms with Gasteiger partial charge in [-0.15, -0.1) is 15.3 Å². The standard InChI is InChI=1S/C30H23N5O2S/c1-2-19-37-25-17-15-21(16-18-25)20-7-9-22(10-8-20)28-32-33-29(38-28)23-11-13-24(14-12-23)30(36)35-27-6-4-3-5-26(27)31-34-35/h3-18H,2,19H2,1H3. The number of para-hydroxylation sites is 1. The Hall–Kier alpha value is -4.69. The topological polar surface area (TPSA) is 82.8 Å². The Kier molecular flexibility index (Phi) is 6.46. The van der Waals surface area contributed by atoms with E-state index in [4.69, 9.17) is 4.74 Å². The van der Waals surface area contributed by atoms with Gasteiger partial charge in [-0.2, -0.15) is 4.68 Å². The van der Waals surface area contributed by atoms with Gasteiger partial charge < -0.3 is 4.74 Å². The minimum Gasteiger partial charge on any atom is -0.494 e. The summed E-state index contributed by atoms with van der Waals surface area (Å²) in [7, 11) is 0. The van der Waals surface area contributed by atoms with Crippen LogP contribution in [0.1, 0.15) is 23.7 Å². The van der Waals surface area contributed by atoms with E-state index in [0.29, 0.717) is 16.6 Å². The van der Waals surface area contributed by atoms with Gasteiger partial charge in [0.2, 0.25) is 0 Å². The molecule has 0 unspecified atom stereocenters. The molecule has 0 aliphatic heterocycles. The highest BCUT2D eigenvalue weighted by molar-refractivity contribution is 7.17. The molecule has 7 nitrogen and oxygen atoms in total. The van der Waals surface area contributed by atoms with Crippen LogP contribution in [0.3, 0.4) is 0 Å². The number of hydrogen-bond acceptors (Lipinski definition) is 7. The lowest BCUT2D eigenvalue weighted by Crippen LogP contribution is -2.13. The Labute approximate surface area is 223 Å². The molecule has 0 fully saturated rings. The Morgan fingerprint density at radius 1 is 0.737 bits per heavy atom. The molecule has 0 spiro atoms. The summed E-state index contributed by atoms with van der Waals surface area (Å²) in [5.74, 6) is 0.657. The zero-order valence-corrected chi connectivity index (χ0v) is 21.4. The van der Waals surface area contributed by atoms with Crippen molar-refractivity contribution in [3.05, 3.63) is 103 Å². The van der Waals surface area contributed by atoms with Crippen LogP contribution in [0.15, 0.2) is 97.1 Å². The Morgan fingerprint density at radius 2 is 1.32 bits per heavy atom. The van der Waals surface area contributed by atoms with Gasteiger partial charge in [0.1, 0.15) is 21.3 Å². The second-order valence-corrected chi connectivity index (χ2v) is 9.71. The molecular weight excluding hydrogens is 494 g/mol. The highest BCUT2D eigenvalue weighted by atomic mass is 32.1. The van der Waals surface area contributed by atoms with E-state index in [1.54, 1.807) is 12.1 Å². The first-order valence-corrected chi connectivity index (χ1v) is 13.1. The number of rotatable bonds is 7. The summed E-state index contributed by atoms with van der Waals surface area (Å²) in [6.45, 7) is 2.82. The summed E-state index contributed by atoms with van der Waals surface area (Å²) < 4.78 is 7.00. The number of hydrogen-bond donors (Lipinski definition) is 0. The lowest BCUT2D eigenvalue weighted by atomic mass is 10.0. The van der Waals surface area contributed by atoms with Crippen LogP contribution in [0, 0.1) is 0 Å². The molecule has 0 atom stereocenters. The molecule has 2 aromatic heterocycles. The number of ether oxygens (including phenoxy) is 1. The number of carbonyl (C=O) groups excluding carboxylic acids is 1. The second-order valence-electron chi connectivity index (χ2n) is 8.74. The van der Waals surface area contributed by atoms with Crippen molar-refractivity contribution in [2.24, 2.45) is 0 Å². The van der Waals surface area contributed by atoms with E-state index in [2.05, 4.69) is 63.8 Å². The summed E-state index contributed by atoms with van der Waals surface area (Å²) in [6.07, 6.45) is 0.989. The summed E-state index contributed by atoms with van der Waals surface area (Å²) >= 11 is 1.51. The molecule has 0 saturated heterocycles. The zero-order valence-electron chi connectivity index (χ0n) is 20.6. The third-order valence-electron chi connectivity index (χ3n) is 6.14. The molecule has 6 rings (SSSR count). The van der Waals surface area contributed by atoms with Crippen LogP contribution < -0.4 is 4.74 Å². The first-order valence-electron chi connectivity index (χ1n) is 12.3. The minimum atomic E-state index is -0.230. The maximum atomic E-state index is 13.0. The first-order chi connectivity index (χ1) is 18.7. The molecule has 0 aliphatic carbocycles. The molecular formula is C30H23N5O2S. The SMILES string of the molecule is CCCOc1ccc(-c2ccc(-c3nnc(-c4ccc(C(=O)n5nnc6ccccc65)cc4)s3)cc2)cc1. The van der Waals surface area contributed by atoms with Crippen LogP contribution in [0.25, 0.3) is 43.3 Å². The zero-order chi connectivity index (χ0) is 25.9. The molecule has 0 amide bonds. The van der Waals surface area contributed by atoms with Gasteiger partial charge in [-0.05, 0) is 53.9 Å². The fourth-order valence-electron chi connectivity index (χ4n) is 4.12. The third-order valence-corrected chi connectivity index (χ3v) is 7.16. The molecule has 4 aromatic carbocycles. The molecule has 8 heteroatoms. The lowest BCUT2D eigenvalue weighted by molar-refractivity contribution is 0.0948. The van der Waals surface area contributed by atoms with Crippen LogP contribution in [0.2, 0.25) is 0 Å². The summed E-state index contributed by atoms with van der Waals surface area (Å²) in [4.78, 5) is 13.0. The van der Waals surface area contributed by atoms with E-state index in [9.17, 15) is 4.79 Å². The van der Waals surface area contributed by atoms with Gasteiger partial charge in [0.25, 0.3) is 5.91 Å². The van der Waals surface area contributed by atoms with Gasteiger partial charge >= 0.3 is 0 Å². The smallest absolute Gasteiger partial charge is 0.280 e. The van der Waals surface area contributed by atoms with Gasteiger partial charge in [-0.1, -0.05) is 84.1 Å². The van der Waals surface area contributed by atoms with Crippen LogP contribution in [0.5, 0.6) is 5.75 Å². The van der Waals surface area contributed by atoms with Crippen LogP contribution >= 0.6 is 11.3 Å². The largest absolute Gasteiger partial charge is 0.494 e. The molecule has 38 heavy (non-hydrogen) atoms. The van der Waals surface area contributed by atoms with E-state index in [1.165, 1.54) is 16.0 Å². The van der Waals surface area contributed by atoms with Crippen molar-refractivity contribution in [1.82, 2.24) is 25.2 Å². The number of nitrogens with zero attached hydrogens (tertiary/aromatic N) is 5. The van der Waals surface area contributed by atoms with Crippen molar-refractivity contribution in [3.8, 4) is 38.0 Å². The number of benzene rings is 4. The van der Waals surface area contributed by atoms with Crippen molar-refractivity contribution < 1.29 is 9.53 Å². The number of aromatic nitrogens is 5. The van der Waals surface area contributed by atoms with Crippen molar-refractivity contribution in [3.63, 3.8) is 0 Å². The van der Waals surface area contributed by atoms with Crippen molar-refractivity contribution in [2.45, 2.75) is 13.3 Å². The first kappa shape index (κ1) is 23.7. The van der Waals surface area contributed by atoms with Gasteiger partial charge in [0, 0.05) is 16.7 Å². The van der Waals surface area contributed by atoms with Crippen molar-refractivity contribution >= 4 is 28.3 Å². The van der Waals surface area contributed by atoms with Crippen LogP contribution in [0.4, 0.5) is 0 Å². The molecule has 0 N–H and O–H groups in total. The maximum absolute atomic E-state index is 13.0. The van der Waals surface area contributed by atoms with E-state index < -0.39 is 0 Å². The fraction of sp³-hybridized carbons (Fsp3) is 0.100. The average Bonchev–Trinajstić information content (AvgIpc) is 3.64. The van der Waals surface area contributed by atoms with Crippen molar-refractivity contribution in [2.75, 3.05) is 6.61 Å². The second kappa shape index (κ2) is 10.4. The average molecular weight is 518 g/mol. The Morgan fingerprint density at radius 3 is 1.97 bits per heavy atom. The normalized spacial score (nSPS) is 11.1. The Balaban J connectivity index is 1.17. The third kappa shape index (κ3) is 4.69. The minimum absolute atomic E-state index is 0.230. The molecule has 0 aliphatic rings. The highest BCUT2D eigenvalue weighted by Gasteiger charge is 2.15. The summed E-state index contributed by atoms with van der Waals surface area (Å²) in [5, 5.41) is 18.5. The predicted molar refractivity (Wildman–Crippen MR) is 149 cm³/mol. The number of carbonyl (C=O) groups is 1. The van der Waals surface area contributed by atoms with Gasteiger partial charge in [-0.25, -0.2) is 0 Å². The maximum Gasteiger partial charge on any atom is 0.280 e. The Bertz CT molecular complexity index is 1710. The quantitative estimate of drug-likeness (QED) is 0.233. The van der Waals surface area contributed by atoms with Crippen LogP contribution in [-0.4, -0.2) is 37.7 Å². The molecule has 2 heterocycles. The van der Waals surface area contributed by atoms with Crippen molar-refractivity contribution in [1.29, 1.82) is 0 Å². The fourth-order valence-corrected chi connectivity index (χ4v) is 4.98. The molecule has 0 saturated carbocycles. The predicted octanol–water partition coefficient (Wildman–Crippen LogP) is 6.76. The monoisotopic (exact) mass is 517 g/mol. The van der Waals surface area contributed by atoms with Gasteiger partial charge in [-0.3, -0.25) is 4.79 Å². The van der Waals surface area contributed by atoms with E-state index in [0.717, 1.165) is 51.0 Å². The van der Waals surface area contributed by atoms with E-state index >= 15 is 0 Å². The van der Waals surface area contributed by atoms with E-state index in [-0.39, 0.29) is 5.91 Å².